The van der Waals surface area contributed by atoms with Crippen molar-refractivity contribution in [3.05, 3.63) is 65.2 Å². The van der Waals surface area contributed by atoms with E-state index in [2.05, 4.69) is 15.0 Å². The number of anilines is 1. The van der Waals surface area contributed by atoms with Crippen LogP contribution in [0.2, 0.25) is 0 Å². The third kappa shape index (κ3) is 3.93. The highest BCUT2D eigenvalue weighted by atomic mass is 32.1. The first-order valence-corrected chi connectivity index (χ1v) is 13.6. The second kappa shape index (κ2) is 8.28. The van der Waals surface area contributed by atoms with Crippen LogP contribution in [0.1, 0.15) is 67.2 Å². The monoisotopic (exact) mass is 527 g/mol. The Bertz CT molecular complexity index is 1470. The zero-order chi connectivity index (χ0) is 25.4. The Kier molecular flexibility index (Phi) is 5.19. The number of fused-ring (bicyclic) bond motifs is 1. The maximum absolute atomic E-state index is 14.1. The van der Waals surface area contributed by atoms with Crippen molar-refractivity contribution >= 4 is 26.7 Å². The second-order valence-electron chi connectivity index (χ2n) is 10.8. The van der Waals surface area contributed by atoms with E-state index >= 15 is 0 Å². The highest BCUT2D eigenvalue weighted by molar-refractivity contribution is 7.22. The van der Waals surface area contributed by atoms with Crippen LogP contribution < -0.4 is 4.90 Å². The molecule has 0 unspecified atom stereocenters. The number of benzene rings is 2. The molecule has 192 valence electrons. The van der Waals surface area contributed by atoms with Gasteiger partial charge in [-0.25, -0.2) is 9.37 Å². The number of para-hydroxylation sites is 1. The molecule has 0 N–H and O–H groups in total. The van der Waals surface area contributed by atoms with Gasteiger partial charge in [0.05, 0.1) is 10.3 Å². The van der Waals surface area contributed by atoms with E-state index in [0.717, 1.165) is 78.8 Å². The average Bonchev–Trinajstić information content (AvgIpc) is 3.45. The summed E-state index contributed by atoms with van der Waals surface area (Å²) in [6, 6.07) is 10.7. The third-order valence-electron chi connectivity index (χ3n) is 8.41. The number of nitrogens with zero attached hydrogens (tertiary/aromatic N) is 3. The number of thiazole rings is 1. The first-order valence-electron chi connectivity index (χ1n) is 12.8. The summed E-state index contributed by atoms with van der Waals surface area (Å²) in [5.41, 5.74) is 1.30. The fourth-order valence-electron chi connectivity index (χ4n) is 6.28. The number of hydrogen-bond acceptors (Lipinski definition) is 5. The minimum atomic E-state index is -4.45. The summed E-state index contributed by atoms with van der Waals surface area (Å²) in [6.07, 6.45) is 1.37. The van der Waals surface area contributed by atoms with E-state index in [1.165, 1.54) is 29.5 Å². The molecule has 0 atom stereocenters. The Morgan fingerprint density at radius 1 is 0.973 bits per heavy atom. The molecule has 3 heterocycles. The smallest absolute Gasteiger partial charge is 0.360 e. The molecule has 1 aliphatic heterocycles. The fraction of sp³-hybridized carbons (Fsp3) is 0.429. The molecule has 0 radical (unpaired) electrons. The van der Waals surface area contributed by atoms with Gasteiger partial charge in [0.25, 0.3) is 0 Å². The Hall–Kier alpha value is -2.94. The van der Waals surface area contributed by atoms with Crippen molar-refractivity contribution in [2.75, 3.05) is 18.0 Å². The third-order valence-corrected chi connectivity index (χ3v) is 9.49. The Labute approximate surface area is 215 Å². The number of piperidine rings is 1. The van der Waals surface area contributed by atoms with Crippen molar-refractivity contribution in [2.24, 2.45) is 5.41 Å². The van der Waals surface area contributed by atoms with Crippen LogP contribution in [0.4, 0.5) is 22.7 Å². The van der Waals surface area contributed by atoms with Gasteiger partial charge in [-0.1, -0.05) is 40.8 Å². The Morgan fingerprint density at radius 3 is 2.43 bits per heavy atom. The number of halogens is 4. The van der Waals surface area contributed by atoms with E-state index in [9.17, 15) is 17.6 Å². The standard InChI is InChI=1S/C28H25F4N3OS/c29-20-6-3-7-21-24(20)33-26(37-21)35-12-10-27(11-13-35)14-17(15-27)22-23(34-36-25(22)16-8-9-16)18-4-1-2-5-19(18)28(30,31)32/h1-7,16-17H,8-15H2. The molecule has 2 saturated carbocycles. The summed E-state index contributed by atoms with van der Waals surface area (Å²) < 4.78 is 62.1. The fourth-order valence-corrected chi connectivity index (χ4v) is 7.32. The van der Waals surface area contributed by atoms with Gasteiger partial charge in [-0.05, 0) is 68.1 Å². The minimum Gasteiger partial charge on any atom is -0.360 e. The molecule has 4 nitrogen and oxygen atoms in total. The zero-order valence-electron chi connectivity index (χ0n) is 20.0. The lowest BCUT2D eigenvalue weighted by Gasteiger charge is -2.52. The maximum Gasteiger partial charge on any atom is 0.417 e. The zero-order valence-corrected chi connectivity index (χ0v) is 20.8. The van der Waals surface area contributed by atoms with Crippen molar-refractivity contribution in [3.63, 3.8) is 0 Å². The summed E-state index contributed by atoms with van der Waals surface area (Å²) in [5, 5.41) is 5.07. The first-order chi connectivity index (χ1) is 17.8. The molecule has 2 aliphatic carbocycles. The van der Waals surface area contributed by atoms with Gasteiger partial charge in [0.1, 0.15) is 22.8 Å². The van der Waals surface area contributed by atoms with E-state index in [1.54, 1.807) is 12.1 Å². The van der Waals surface area contributed by atoms with Crippen molar-refractivity contribution in [3.8, 4) is 11.3 Å². The van der Waals surface area contributed by atoms with Gasteiger partial charge in [0.2, 0.25) is 0 Å². The van der Waals surface area contributed by atoms with E-state index in [0.29, 0.717) is 11.2 Å². The molecule has 7 rings (SSSR count). The predicted octanol–water partition coefficient (Wildman–Crippen LogP) is 8.15. The lowest BCUT2D eigenvalue weighted by Crippen LogP contribution is -2.46. The van der Waals surface area contributed by atoms with Crippen molar-refractivity contribution in [1.29, 1.82) is 0 Å². The summed E-state index contributed by atoms with van der Waals surface area (Å²) in [5.74, 6) is 0.924. The molecular weight excluding hydrogens is 502 g/mol. The minimum absolute atomic E-state index is 0.111. The van der Waals surface area contributed by atoms with E-state index in [1.807, 2.05) is 6.07 Å². The lowest BCUT2D eigenvalue weighted by atomic mass is 9.55. The van der Waals surface area contributed by atoms with E-state index in [-0.39, 0.29) is 28.6 Å². The molecule has 3 fully saturated rings. The van der Waals surface area contributed by atoms with Crippen molar-refractivity contribution < 1.29 is 22.1 Å². The molecule has 1 saturated heterocycles. The number of hydrogen-bond donors (Lipinski definition) is 0. The molecule has 3 aliphatic rings. The summed E-state index contributed by atoms with van der Waals surface area (Å²) in [7, 11) is 0. The van der Waals surface area contributed by atoms with Crippen LogP contribution in [0.25, 0.3) is 21.5 Å². The van der Waals surface area contributed by atoms with Crippen LogP contribution in [-0.2, 0) is 6.18 Å². The summed E-state index contributed by atoms with van der Waals surface area (Å²) in [6.45, 7) is 1.69. The van der Waals surface area contributed by atoms with E-state index < -0.39 is 11.7 Å². The van der Waals surface area contributed by atoms with E-state index in [4.69, 9.17) is 4.52 Å². The number of rotatable bonds is 4. The van der Waals surface area contributed by atoms with Crippen LogP contribution in [0.3, 0.4) is 0 Å². The molecular formula is C28H25F4N3OS. The van der Waals surface area contributed by atoms with Crippen LogP contribution >= 0.6 is 11.3 Å². The predicted molar refractivity (Wildman–Crippen MR) is 134 cm³/mol. The van der Waals surface area contributed by atoms with Gasteiger partial charge in [-0.3, -0.25) is 0 Å². The molecule has 2 aromatic carbocycles. The SMILES string of the molecule is Fc1cccc2sc(N3CCC4(CC3)CC(c3c(-c5ccccc5C(F)(F)F)noc3C3CC3)C4)nc12. The van der Waals surface area contributed by atoms with Crippen molar-refractivity contribution in [2.45, 2.75) is 56.5 Å². The van der Waals surface area contributed by atoms with Gasteiger partial charge in [0.15, 0.2) is 5.13 Å². The topological polar surface area (TPSA) is 42.2 Å². The maximum atomic E-state index is 14.1. The van der Waals surface area contributed by atoms with Gasteiger partial charge in [-0.2, -0.15) is 13.2 Å². The Balaban J connectivity index is 1.12. The number of alkyl halides is 3. The summed E-state index contributed by atoms with van der Waals surface area (Å²) >= 11 is 1.52. The van der Waals surface area contributed by atoms with Crippen LogP contribution in [0.15, 0.2) is 47.0 Å². The Morgan fingerprint density at radius 2 is 1.73 bits per heavy atom. The van der Waals surface area contributed by atoms with Gasteiger partial charge in [-0.15, -0.1) is 0 Å². The van der Waals surface area contributed by atoms with Crippen LogP contribution in [0.5, 0.6) is 0 Å². The highest BCUT2D eigenvalue weighted by Gasteiger charge is 2.50. The number of aromatic nitrogens is 2. The van der Waals surface area contributed by atoms with Gasteiger partial charge in [0, 0.05) is 30.1 Å². The molecule has 9 heteroatoms. The highest BCUT2D eigenvalue weighted by Crippen LogP contribution is 2.60. The van der Waals surface area contributed by atoms with Crippen LogP contribution in [0, 0.1) is 11.2 Å². The van der Waals surface area contributed by atoms with Gasteiger partial charge >= 0.3 is 6.18 Å². The normalized spacial score (nSPS) is 20.1. The molecule has 37 heavy (non-hydrogen) atoms. The first kappa shape index (κ1) is 23.2. The molecule has 0 amide bonds. The second-order valence-corrected chi connectivity index (χ2v) is 11.8. The summed E-state index contributed by atoms with van der Waals surface area (Å²) in [4.78, 5) is 6.79. The molecule has 0 bridgehead atoms. The van der Waals surface area contributed by atoms with Crippen LogP contribution in [-0.4, -0.2) is 23.2 Å². The molecule has 1 spiro atoms. The average molecular weight is 528 g/mol. The van der Waals surface area contributed by atoms with Gasteiger partial charge < -0.3 is 9.42 Å². The lowest BCUT2D eigenvalue weighted by molar-refractivity contribution is -0.137. The molecule has 2 aromatic heterocycles. The van der Waals surface area contributed by atoms with Crippen molar-refractivity contribution in [1.82, 2.24) is 10.1 Å². The molecule has 4 aromatic rings. The quantitative estimate of drug-likeness (QED) is 0.251. The largest absolute Gasteiger partial charge is 0.417 e.